The van der Waals surface area contributed by atoms with E-state index in [4.69, 9.17) is 23.2 Å². The maximum absolute atomic E-state index is 12.1. The molecule has 1 nitrogen and oxygen atoms in total. The summed E-state index contributed by atoms with van der Waals surface area (Å²) >= 11 is 13.0. The van der Waals surface area contributed by atoms with Gasteiger partial charge >= 0.3 is 0 Å². The van der Waals surface area contributed by atoms with E-state index in [1.165, 1.54) is 6.42 Å². The fourth-order valence-corrected chi connectivity index (χ4v) is 7.23. The topological polar surface area (TPSA) is 17.1 Å². The molecule has 3 heteroatoms. The van der Waals surface area contributed by atoms with Gasteiger partial charge in [0.1, 0.15) is 10.1 Å². The lowest BCUT2D eigenvalue weighted by Gasteiger charge is -2.47. The summed E-state index contributed by atoms with van der Waals surface area (Å²) in [5.41, 5.74) is 0. The van der Waals surface area contributed by atoms with Gasteiger partial charge in [0.05, 0.1) is 0 Å². The van der Waals surface area contributed by atoms with Crippen LogP contribution in [-0.2, 0) is 4.79 Å². The van der Waals surface area contributed by atoms with E-state index in [0.717, 1.165) is 5.92 Å². The van der Waals surface area contributed by atoms with E-state index in [0.29, 0.717) is 35.4 Å². The zero-order valence-corrected chi connectivity index (χ0v) is 9.00. The minimum Gasteiger partial charge on any atom is -0.299 e. The molecule has 2 bridgehead atoms. The lowest BCUT2D eigenvalue weighted by molar-refractivity contribution is -0.133. The molecule has 0 saturated heterocycles. The molecular formula is C11H10Cl2O. The number of alkyl halides is 2. The molecule has 0 aliphatic heterocycles. The van der Waals surface area contributed by atoms with Crippen LogP contribution in [0.5, 0.6) is 0 Å². The van der Waals surface area contributed by atoms with Gasteiger partial charge in [-0.15, -0.1) is 23.2 Å². The fraction of sp³-hybridized carbons (Fsp3) is 0.909. The highest BCUT2D eigenvalue weighted by Gasteiger charge is 2.87. The van der Waals surface area contributed by atoms with Crippen LogP contribution in [0.2, 0.25) is 0 Å². The Morgan fingerprint density at radius 1 is 1.07 bits per heavy atom. The van der Waals surface area contributed by atoms with Gasteiger partial charge < -0.3 is 0 Å². The highest BCUT2D eigenvalue weighted by molar-refractivity contribution is 6.49. The molecule has 0 radical (unpaired) electrons. The average molecular weight is 229 g/mol. The number of hydrogen-bond acceptors (Lipinski definition) is 1. The number of halogens is 2. The summed E-state index contributed by atoms with van der Waals surface area (Å²) in [6.07, 6.45) is 1.25. The van der Waals surface area contributed by atoms with Crippen LogP contribution in [0.25, 0.3) is 0 Å². The lowest BCUT2D eigenvalue weighted by atomic mass is 9.59. The van der Waals surface area contributed by atoms with Gasteiger partial charge in [0.15, 0.2) is 0 Å². The van der Waals surface area contributed by atoms with Crippen LogP contribution < -0.4 is 0 Å². The van der Waals surface area contributed by atoms with Crippen molar-refractivity contribution in [3.05, 3.63) is 0 Å². The lowest BCUT2D eigenvalue weighted by Crippen LogP contribution is -2.52. The highest BCUT2D eigenvalue weighted by Crippen LogP contribution is 2.86. The Labute approximate surface area is 92.1 Å². The third-order valence-electron chi connectivity index (χ3n) is 6.05. The van der Waals surface area contributed by atoms with E-state index >= 15 is 0 Å². The molecule has 5 aliphatic rings. The number of Topliss-reactive ketones (excluding diaryl/α,β-unsaturated/α-hetero) is 1. The standard InChI is InChI=1S/C11H10Cl2O/c12-11(13)8-3-1-2-4-5(3)9(11)7(4)10(14)6(2)8/h2-9H,1H2/t2-,3-,4+,5+,6+,7+,8-,9-/m0/s1. The SMILES string of the molecule is O=C1[C@@H]2[C@@H]3[C@@H]4C[C@H]5[C@H]3[C@@H]2C(Cl)(Cl)[C@@H]5[C@H]14. The molecular weight excluding hydrogens is 219 g/mol. The Morgan fingerprint density at radius 3 is 2.64 bits per heavy atom. The molecule has 5 rings (SSSR count). The predicted octanol–water partition coefficient (Wildman–Crippen LogP) is 2.12. The van der Waals surface area contributed by atoms with Gasteiger partial charge in [-0.2, -0.15) is 0 Å². The van der Waals surface area contributed by atoms with E-state index < -0.39 is 4.33 Å². The number of hydrogen-bond donors (Lipinski definition) is 0. The maximum atomic E-state index is 12.1. The van der Waals surface area contributed by atoms with Crippen molar-refractivity contribution in [1.82, 2.24) is 0 Å². The monoisotopic (exact) mass is 228 g/mol. The van der Waals surface area contributed by atoms with E-state index in [2.05, 4.69) is 0 Å². The van der Waals surface area contributed by atoms with Gasteiger partial charge in [-0.05, 0) is 30.1 Å². The van der Waals surface area contributed by atoms with Crippen molar-refractivity contribution in [3.63, 3.8) is 0 Å². The van der Waals surface area contributed by atoms with Crippen molar-refractivity contribution < 1.29 is 4.79 Å². The summed E-state index contributed by atoms with van der Waals surface area (Å²) in [4.78, 5) is 12.1. The second kappa shape index (κ2) is 1.69. The van der Waals surface area contributed by atoms with E-state index in [-0.39, 0.29) is 11.8 Å². The minimum absolute atomic E-state index is 0.264. The molecule has 0 aromatic heterocycles. The van der Waals surface area contributed by atoms with Crippen molar-refractivity contribution in [2.75, 3.05) is 0 Å². The summed E-state index contributed by atoms with van der Waals surface area (Å²) in [5, 5.41) is 0. The summed E-state index contributed by atoms with van der Waals surface area (Å²) in [7, 11) is 0. The van der Waals surface area contributed by atoms with Gasteiger partial charge in [0.25, 0.3) is 0 Å². The quantitative estimate of drug-likeness (QED) is 0.581. The van der Waals surface area contributed by atoms with Gasteiger partial charge in [0, 0.05) is 23.7 Å². The normalized spacial score (nSPS) is 73.4. The maximum Gasteiger partial charge on any atom is 0.140 e. The van der Waals surface area contributed by atoms with Crippen LogP contribution >= 0.6 is 23.2 Å². The third-order valence-corrected chi connectivity index (χ3v) is 7.06. The van der Waals surface area contributed by atoms with E-state index in [1.54, 1.807) is 0 Å². The summed E-state index contributed by atoms with van der Waals surface area (Å²) in [5.74, 6) is 4.55. The molecule has 14 heavy (non-hydrogen) atoms. The Balaban J connectivity index is 1.87. The summed E-state index contributed by atoms with van der Waals surface area (Å²) in [6.45, 7) is 0. The molecule has 0 aromatic carbocycles. The molecule has 74 valence electrons. The predicted molar refractivity (Wildman–Crippen MR) is 52.0 cm³/mol. The summed E-state index contributed by atoms with van der Waals surface area (Å²) in [6, 6.07) is 0. The molecule has 0 aromatic rings. The Bertz CT molecular complexity index is 391. The molecule has 0 N–H and O–H groups in total. The number of carbonyl (C=O) groups is 1. The van der Waals surface area contributed by atoms with Crippen molar-refractivity contribution >= 4 is 29.0 Å². The number of fused-ring (bicyclic) bond motifs is 2. The van der Waals surface area contributed by atoms with Gasteiger partial charge in [-0.25, -0.2) is 0 Å². The molecule has 8 atom stereocenters. The third kappa shape index (κ3) is 0.427. The summed E-state index contributed by atoms with van der Waals surface area (Å²) < 4.78 is -0.541. The highest BCUT2D eigenvalue weighted by atomic mass is 35.5. The Kier molecular flexibility index (Phi) is 0.909. The first-order valence-electron chi connectivity index (χ1n) is 5.55. The van der Waals surface area contributed by atoms with Crippen molar-refractivity contribution in [2.24, 2.45) is 47.3 Å². The van der Waals surface area contributed by atoms with Crippen molar-refractivity contribution in [1.29, 1.82) is 0 Å². The molecule has 0 amide bonds. The second-order valence-electron chi connectivity index (χ2n) is 5.90. The van der Waals surface area contributed by atoms with Crippen LogP contribution in [0.3, 0.4) is 0 Å². The first kappa shape index (κ1) is 7.51. The molecule has 5 fully saturated rings. The number of rotatable bonds is 0. The van der Waals surface area contributed by atoms with E-state index in [1.807, 2.05) is 0 Å². The van der Waals surface area contributed by atoms with Crippen LogP contribution in [0.1, 0.15) is 6.42 Å². The van der Waals surface area contributed by atoms with Gasteiger partial charge in [-0.1, -0.05) is 0 Å². The smallest absolute Gasteiger partial charge is 0.140 e. The molecule has 0 spiro atoms. The number of carbonyl (C=O) groups excluding carboxylic acids is 1. The van der Waals surface area contributed by atoms with Gasteiger partial charge in [0.2, 0.25) is 0 Å². The van der Waals surface area contributed by atoms with Gasteiger partial charge in [-0.3, -0.25) is 4.79 Å². The van der Waals surface area contributed by atoms with Crippen molar-refractivity contribution in [3.8, 4) is 0 Å². The fourth-order valence-electron chi connectivity index (χ4n) is 6.07. The zero-order chi connectivity index (χ0) is 9.40. The van der Waals surface area contributed by atoms with Crippen molar-refractivity contribution in [2.45, 2.75) is 10.8 Å². The Hall–Kier alpha value is 0.250. The first-order chi connectivity index (χ1) is 6.64. The first-order valence-corrected chi connectivity index (χ1v) is 6.31. The van der Waals surface area contributed by atoms with Crippen LogP contribution in [-0.4, -0.2) is 10.1 Å². The molecule has 5 aliphatic carbocycles. The zero-order valence-electron chi connectivity index (χ0n) is 7.49. The molecule has 0 heterocycles. The molecule has 5 saturated carbocycles. The van der Waals surface area contributed by atoms with Crippen LogP contribution in [0.15, 0.2) is 0 Å². The molecule has 0 unspecified atom stereocenters. The second-order valence-corrected chi connectivity index (χ2v) is 7.34. The average Bonchev–Trinajstić information content (AvgIpc) is 2.52. The minimum atomic E-state index is -0.541. The van der Waals surface area contributed by atoms with Crippen LogP contribution in [0, 0.1) is 47.3 Å². The number of ketones is 1. The van der Waals surface area contributed by atoms with E-state index in [9.17, 15) is 4.79 Å². The largest absolute Gasteiger partial charge is 0.299 e. The Morgan fingerprint density at radius 2 is 1.86 bits per heavy atom. The van der Waals surface area contributed by atoms with Crippen LogP contribution in [0.4, 0.5) is 0 Å².